The van der Waals surface area contributed by atoms with Crippen LogP contribution in [0.2, 0.25) is 0 Å². The fourth-order valence-electron chi connectivity index (χ4n) is 3.30. The van der Waals surface area contributed by atoms with Gasteiger partial charge in [-0.15, -0.1) is 0 Å². The molecule has 1 aliphatic rings. The van der Waals surface area contributed by atoms with Crippen LogP contribution in [0.1, 0.15) is 12.5 Å². The van der Waals surface area contributed by atoms with Gasteiger partial charge in [-0.3, -0.25) is 4.79 Å². The topological polar surface area (TPSA) is 94.7 Å². The van der Waals surface area contributed by atoms with E-state index in [0.717, 1.165) is 11.0 Å². The van der Waals surface area contributed by atoms with Gasteiger partial charge >= 0.3 is 0 Å². The summed E-state index contributed by atoms with van der Waals surface area (Å²) >= 11 is 0. The predicted octanol–water partition coefficient (Wildman–Crippen LogP) is 0.614. The summed E-state index contributed by atoms with van der Waals surface area (Å²) in [4.78, 5) is 13.2. The van der Waals surface area contributed by atoms with Gasteiger partial charge in [0.25, 0.3) is 5.91 Å². The molecule has 1 atom stereocenters. The fourth-order valence-corrected chi connectivity index (χ4v) is 4.81. The molecule has 0 bridgehead atoms. The Bertz CT molecular complexity index is 1030. The molecular weight excluding hydrogens is 395 g/mol. The quantitative estimate of drug-likeness (QED) is 0.746. The minimum atomic E-state index is -3.90. The Hall–Kier alpha value is -2.80. The van der Waals surface area contributed by atoms with Crippen LogP contribution in [0.4, 0.5) is 10.1 Å². The van der Waals surface area contributed by atoms with Crippen molar-refractivity contribution >= 4 is 21.6 Å². The number of halogens is 1. The smallest absolute Gasteiger partial charge is 0.282 e. The Kier molecular flexibility index (Phi) is 6.27. The zero-order valence-electron chi connectivity index (χ0n) is 15.9. The van der Waals surface area contributed by atoms with E-state index in [9.17, 15) is 17.6 Å². The van der Waals surface area contributed by atoms with Gasteiger partial charge in [0.05, 0.1) is 37.8 Å². The highest BCUT2D eigenvalue weighted by atomic mass is 32.2. The molecule has 2 aromatic rings. The number of anilines is 1. The standard InChI is InChI=1S/C20H21FN4O3S/c1-15(20(26)23-17-8-6-16(14-22)7-9-17)24-10-12-25(13-11-24)29(27,28)19-5-3-2-4-18(19)21/h2-9,15H,10-13H2,1H3,(H,23,26)/p+1/t15-/m1/s1. The van der Waals surface area contributed by atoms with Gasteiger partial charge in [0.2, 0.25) is 10.0 Å². The zero-order valence-corrected chi connectivity index (χ0v) is 16.7. The molecule has 29 heavy (non-hydrogen) atoms. The monoisotopic (exact) mass is 417 g/mol. The SMILES string of the molecule is C[C@H](C(=O)Nc1ccc(C#N)cc1)[NH+]1CCN(S(=O)(=O)c2ccccc2F)CC1. The number of carbonyl (C=O) groups excluding carboxylic acids is 1. The molecule has 0 spiro atoms. The Balaban J connectivity index is 1.60. The average Bonchev–Trinajstić information content (AvgIpc) is 2.74. The number of nitriles is 1. The first kappa shape index (κ1) is 20.9. The largest absolute Gasteiger partial charge is 0.323 e. The maximum absolute atomic E-state index is 13.9. The van der Waals surface area contributed by atoms with Gasteiger partial charge < -0.3 is 10.2 Å². The van der Waals surface area contributed by atoms with Crippen LogP contribution < -0.4 is 10.2 Å². The van der Waals surface area contributed by atoms with Crippen molar-refractivity contribution in [2.45, 2.75) is 17.9 Å². The van der Waals surface area contributed by atoms with E-state index in [-0.39, 0.29) is 29.9 Å². The second-order valence-corrected chi connectivity index (χ2v) is 8.80. The number of nitrogens with zero attached hydrogens (tertiary/aromatic N) is 2. The van der Waals surface area contributed by atoms with Crippen LogP contribution in [-0.4, -0.2) is 50.9 Å². The molecular formula is C20H22FN4O3S+. The van der Waals surface area contributed by atoms with E-state index in [1.165, 1.54) is 22.5 Å². The first-order valence-corrected chi connectivity index (χ1v) is 10.7. The molecule has 3 rings (SSSR count). The molecule has 1 fully saturated rings. The maximum atomic E-state index is 13.9. The van der Waals surface area contributed by atoms with Crippen LogP contribution in [0.25, 0.3) is 0 Å². The molecule has 0 unspecified atom stereocenters. The van der Waals surface area contributed by atoms with Crippen LogP contribution in [0.15, 0.2) is 53.4 Å². The third-order valence-electron chi connectivity index (χ3n) is 5.11. The number of benzene rings is 2. The normalized spacial score (nSPS) is 16.7. The van der Waals surface area contributed by atoms with Gasteiger partial charge in [0.1, 0.15) is 10.7 Å². The lowest BCUT2D eigenvalue weighted by Crippen LogP contribution is -3.19. The van der Waals surface area contributed by atoms with Gasteiger partial charge in [-0.1, -0.05) is 12.1 Å². The van der Waals surface area contributed by atoms with Crippen LogP contribution >= 0.6 is 0 Å². The molecule has 1 aliphatic heterocycles. The van der Waals surface area contributed by atoms with E-state index in [4.69, 9.17) is 5.26 Å². The van der Waals surface area contributed by atoms with Crippen LogP contribution in [0.3, 0.4) is 0 Å². The highest BCUT2D eigenvalue weighted by Crippen LogP contribution is 2.18. The summed E-state index contributed by atoms with van der Waals surface area (Å²) in [7, 11) is -3.90. The summed E-state index contributed by atoms with van der Waals surface area (Å²) in [5, 5.41) is 11.6. The Morgan fingerprint density at radius 2 is 1.79 bits per heavy atom. The molecule has 0 aliphatic carbocycles. The molecule has 2 aromatic carbocycles. The Labute approximate surface area is 169 Å². The van der Waals surface area contributed by atoms with E-state index in [2.05, 4.69) is 5.32 Å². The van der Waals surface area contributed by atoms with Crippen molar-refractivity contribution in [3.05, 3.63) is 59.9 Å². The molecule has 1 saturated heterocycles. The number of nitrogens with one attached hydrogen (secondary N) is 2. The molecule has 0 aromatic heterocycles. The third kappa shape index (κ3) is 4.62. The van der Waals surface area contributed by atoms with Gasteiger partial charge in [-0.2, -0.15) is 9.57 Å². The van der Waals surface area contributed by atoms with Gasteiger partial charge in [-0.05, 0) is 43.3 Å². The second kappa shape index (κ2) is 8.69. The van der Waals surface area contributed by atoms with Crippen molar-refractivity contribution in [1.82, 2.24) is 4.31 Å². The van der Waals surface area contributed by atoms with Crippen LogP contribution in [0, 0.1) is 17.1 Å². The zero-order chi connectivity index (χ0) is 21.0. The van der Waals surface area contributed by atoms with Gasteiger partial charge in [0.15, 0.2) is 6.04 Å². The van der Waals surface area contributed by atoms with Crippen molar-refractivity contribution in [2.75, 3.05) is 31.5 Å². The number of hydrogen-bond donors (Lipinski definition) is 2. The summed E-state index contributed by atoms with van der Waals surface area (Å²) in [5.74, 6) is -0.951. The molecule has 152 valence electrons. The van der Waals surface area contributed by atoms with Crippen molar-refractivity contribution in [3.8, 4) is 6.07 Å². The lowest BCUT2D eigenvalue weighted by atomic mass is 10.2. The van der Waals surface area contributed by atoms with Crippen molar-refractivity contribution in [2.24, 2.45) is 0 Å². The minimum absolute atomic E-state index is 0.185. The fraction of sp³-hybridized carbons (Fsp3) is 0.300. The predicted molar refractivity (Wildman–Crippen MR) is 105 cm³/mol. The number of carbonyl (C=O) groups is 1. The van der Waals surface area contributed by atoms with Gasteiger partial charge in [-0.25, -0.2) is 12.8 Å². The molecule has 1 amide bonds. The van der Waals surface area contributed by atoms with Crippen LogP contribution in [0.5, 0.6) is 0 Å². The van der Waals surface area contributed by atoms with E-state index in [1.807, 2.05) is 6.07 Å². The summed E-state index contributed by atoms with van der Waals surface area (Å²) in [6, 6.07) is 13.5. The first-order chi connectivity index (χ1) is 13.8. The second-order valence-electron chi connectivity index (χ2n) is 6.89. The van der Waals surface area contributed by atoms with E-state index in [1.54, 1.807) is 31.2 Å². The number of amides is 1. The molecule has 9 heteroatoms. The van der Waals surface area contributed by atoms with E-state index >= 15 is 0 Å². The molecule has 0 radical (unpaired) electrons. The number of rotatable bonds is 5. The summed E-state index contributed by atoms with van der Waals surface area (Å²) in [5.41, 5.74) is 1.11. The minimum Gasteiger partial charge on any atom is -0.323 e. The highest BCUT2D eigenvalue weighted by molar-refractivity contribution is 7.89. The molecule has 2 N–H and O–H groups in total. The van der Waals surface area contributed by atoms with Crippen LogP contribution in [-0.2, 0) is 14.8 Å². The highest BCUT2D eigenvalue weighted by Gasteiger charge is 2.35. The summed E-state index contributed by atoms with van der Waals surface area (Å²) in [6.07, 6.45) is 0. The average molecular weight is 417 g/mol. The third-order valence-corrected chi connectivity index (χ3v) is 7.04. The molecule has 7 nitrogen and oxygen atoms in total. The summed E-state index contributed by atoms with van der Waals surface area (Å²) < 4.78 is 40.6. The first-order valence-electron chi connectivity index (χ1n) is 9.23. The Morgan fingerprint density at radius 1 is 1.17 bits per heavy atom. The Morgan fingerprint density at radius 3 is 2.38 bits per heavy atom. The van der Waals surface area contributed by atoms with E-state index < -0.39 is 15.8 Å². The van der Waals surface area contributed by atoms with Crippen molar-refractivity contribution in [1.29, 1.82) is 5.26 Å². The number of sulfonamides is 1. The van der Waals surface area contributed by atoms with Gasteiger partial charge in [0, 0.05) is 5.69 Å². The van der Waals surface area contributed by atoms with Crippen molar-refractivity contribution < 1.29 is 22.5 Å². The summed E-state index contributed by atoms with van der Waals surface area (Å²) in [6.45, 7) is 3.08. The number of piperazine rings is 1. The number of hydrogen-bond acceptors (Lipinski definition) is 4. The molecule has 0 saturated carbocycles. The number of quaternary nitrogens is 1. The molecule has 1 heterocycles. The lowest BCUT2D eigenvalue weighted by molar-refractivity contribution is -0.917. The lowest BCUT2D eigenvalue weighted by Gasteiger charge is -2.34. The van der Waals surface area contributed by atoms with E-state index in [0.29, 0.717) is 24.3 Å². The van der Waals surface area contributed by atoms with Crippen molar-refractivity contribution in [3.63, 3.8) is 0 Å². The maximum Gasteiger partial charge on any atom is 0.282 e.